The molecule has 2 rings (SSSR count). The molecule has 0 saturated heterocycles. The Morgan fingerprint density at radius 3 is 2.59 bits per heavy atom. The van der Waals surface area contributed by atoms with Gasteiger partial charge in [0.15, 0.2) is 11.6 Å². The Morgan fingerprint density at radius 2 is 2.06 bits per heavy atom. The van der Waals surface area contributed by atoms with E-state index in [1.165, 1.54) is 19.2 Å². The Labute approximate surface area is 100 Å². The van der Waals surface area contributed by atoms with Gasteiger partial charge in [0, 0.05) is 11.6 Å². The molecule has 1 aromatic carbocycles. The highest BCUT2D eigenvalue weighted by Crippen LogP contribution is 2.35. The highest BCUT2D eigenvalue weighted by Gasteiger charge is 2.20. The molecule has 7 heteroatoms. The van der Waals surface area contributed by atoms with Crippen molar-refractivity contribution in [3.63, 3.8) is 0 Å². The first-order chi connectivity index (χ1) is 8.04. The van der Waals surface area contributed by atoms with Gasteiger partial charge in [0.25, 0.3) is 0 Å². The number of methoxy groups -OCH3 is 1. The number of benzene rings is 1. The molecule has 0 aliphatic carbocycles. The topological polar surface area (TPSA) is 63.9 Å². The van der Waals surface area contributed by atoms with Gasteiger partial charge < -0.3 is 10.5 Å². The lowest BCUT2D eigenvalue weighted by molar-refractivity contribution is 0.372. The van der Waals surface area contributed by atoms with Crippen LogP contribution in [0.4, 0.5) is 14.6 Å². The lowest BCUT2D eigenvalue weighted by atomic mass is 10.1. The molecule has 0 bridgehead atoms. The number of anilines is 1. The van der Waals surface area contributed by atoms with E-state index in [2.05, 4.69) is 14.9 Å². The van der Waals surface area contributed by atoms with Crippen LogP contribution >= 0.6 is 11.6 Å². The van der Waals surface area contributed by atoms with Gasteiger partial charge in [-0.05, 0) is 6.07 Å². The third-order valence-electron chi connectivity index (χ3n) is 2.21. The summed E-state index contributed by atoms with van der Waals surface area (Å²) in [5.41, 5.74) is 5.56. The predicted molar refractivity (Wildman–Crippen MR) is 59.9 cm³/mol. The van der Waals surface area contributed by atoms with Crippen LogP contribution in [0.1, 0.15) is 0 Å². The Morgan fingerprint density at radius 1 is 1.35 bits per heavy atom. The van der Waals surface area contributed by atoms with Crippen LogP contribution in [0.25, 0.3) is 11.3 Å². The van der Waals surface area contributed by atoms with Gasteiger partial charge in [0.2, 0.25) is 5.82 Å². The van der Waals surface area contributed by atoms with Gasteiger partial charge in [-0.25, -0.2) is 4.39 Å². The number of aromatic amines is 1. The van der Waals surface area contributed by atoms with Crippen molar-refractivity contribution in [2.45, 2.75) is 0 Å². The Hall–Kier alpha value is -1.82. The minimum atomic E-state index is -1.15. The van der Waals surface area contributed by atoms with Gasteiger partial charge in [-0.1, -0.05) is 11.6 Å². The van der Waals surface area contributed by atoms with Crippen molar-refractivity contribution < 1.29 is 13.5 Å². The van der Waals surface area contributed by atoms with Crippen LogP contribution in [-0.4, -0.2) is 17.3 Å². The molecule has 0 radical (unpaired) electrons. The Balaban J connectivity index is 2.64. The van der Waals surface area contributed by atoms with Crippen LogP contribution in [0.2, 0.25) is 5.02 Å². The van der Waals surface area contributed by atoms with E-state index < -0.39 is 11.6 Å². The Bertz CT molecular complexity index is 571. The largest absolute Gasteiger partial charge is 0.492 e. The van der Waals surface area contributed by atoms with Crippen LogP contribution in [0.15, 0.2) is 12.1 Å². The molecule has 1 aromatic heterocycles. The van der Waals surface area contributed by atoms with Gasteiger partial charge in [-0.2, -0.15) is 9.49 Å². The van der Waals surface area contributed by atoms with Crippen molar-refractivity contribution in [1.29, 1.82) is 0 Å². The van der Waals surface area contributed by atoms with E-state index in [-0.39, 0.29) is 27.8 Å². The maximum atomic E-state index is 13.7. The van der Waals surface area contributed by atoms with Gasteiger partial charge in [-0.15, -0.1) is 0 Å². The second kappa shape index (κ2) is 4.21. The maximum absolute atomic E-state index is 13.7. The van der Waals surface area contributed by atoms with E-state index in [9.17, 15) is 8.78 Å². The van der Waals surface area contributed by atoms with E-state index in [1.54, 1.807) is 0 Å². The molecule has 90 valence electrons. The molecule has 0 spiro atoms. The van der Waals surface area contributed by atoms with Crippen molar-refractivity contribution in [3.05, 3.63) is 28.8 Å². The van der Waals surface area contributed by atoms with E-state index in [1.807, 2.05) is 0 Å². The quantitative estimate of drug-likeness (QED) is 0.815. The molecule has 2 aromatic rings. The maximum Gasteiger partial charge on any atom is 0.202 e. The predicted octanol–water partition coefficient (Wildman–Crippen LogP) is 2.60. The van der Waals surface area contributed by atoms with E-state index in [0.717, 1.165) is 0 Å². The number of H-pyrrole nitrogens is 1. The van der Waals surface area contributed by atoms with E-state index >= 15 is 0 Å². The average Bonchev–Trinajstić information content (AvgIpc) is 2.71. The molecule has 0 amide bonds. The van der Waals surface area contributed by atoms with Gasteiger partial charge in [-0.3, -0.25) is 5.10 Å². The van der Waals surface area contributed by atoms with Crippen LogP contribution in [0.3, 0.4) is 0 Å². The number of hydrogen-bond donors (Lipinski definition) is 2. The van der Waals surface area contributed by atoms with Crippen LogP contribution in [0, 0.1) is 11.6 Å². The van der Waals surface area contributed by atoms with Crippen LogP contribution in [-0.2, 0) is 0 Å². The number of halogens is 3. The summed E-state index contributed by atoms with van der Waals surface area (Å²) in [7, 11) is 1.21. The number of nitrogens with one attached hydrogen (secondary N) is 1. The highest BCUT2D eigenvalue weighted by atomic mass is 35.5. The van der Waals surface area contributed by atoms with Gasteiger partial charge >= 0.3 is 0 Å². The number of hydrogen-bond acceptors (Lipinski definition) is 3. The SMILES string of the molecule is COc1c(Cl)cc(-c2cc(N)n[nH]2)c(F)c1F. The smallest absolute Gasteiger partial charge is 0.202 e. The molecular formula is C10H8ClF2N3O. The summed E-state index contributed by atoms with van der Waals surface area (Å²) in [5.74, 6) is -2.38. The fourth-order valence-corrected chi connectivity index (χ4v) is 1.71. The first kappa shape index (κ1) is 11.7. The second-order valence-electron chi connectivity index (χ2n) is 3.27. The number of ether oxygens (including phenoxy) is 1. The van der Waals surface area contributed by atoms with Crippen molar-refractivity contribution in [2.75, 3.05) is 12.8 Å². The van der Waals surface area contributed by atoms with Crippen molar-refractivity contribution >= 4 is 17.4 Å². The van der Waals surface area contributed by atoms with Crippen LogP contribution in [0.5, 0.6) is 5.75 Å². The minimum absolute atomic E-state index is 0.0328. The second-order valence-corrected chi connectivity index (χ2v) is 3.68. The zero-order valence-corrected chi connectivity index (χ0v) is 9.48. The summed E-state index contributed by atoms with van der Waals surface area (Å²) in [6, 6.07) is 2.62. The molecule has 3 N–H and O–H groups in total. The lowest BCUT2D eigenvalue weighted by Crippen LogP contribution is -1.96. The van der Waals surface area contributed by atoms with Crippen molar-refractivity contribution in [3.8, 4) is 17.0 Å². The highest BCUT2D eigenvalue weighted by molar-refractivity contribution is 6.32. The average molecular weight is 260 g/mol. The molecule has 0 unspecified atom stereocenters. The number of nitrogen functional groups attached to an aromatic ring is 1. The van der Waals surface area contributed by atoms with E-state index in [4.69, 9.17) is 17.3 Å². The van der Waals surface area contributed by atoms with Crippen molar-refractivity contribution in [2.24, 2.45) is 0 Å². The lowest BCUT2D eigenvalue weighted by Gasteiger charge is -2.08. The first-order valence-corrected chi connectivity index (χ1v) is 4.95. The summed E-state index contributed by atoms with van der Waals surface area (Å²) < 4.78 is 31.9. The molecule has 0 aliphatic heterocycles. The van der Waals surface area contributed by atoms with Crippen LogP contribution < -0.4 is 10.5 Å². The minimum Gasteiger partial charge on any atom is -0.492 e. The summed E-state index contributed by atoms with van der Waals surface area (Å²) in [4.78, 5) is 0. The molecule has 17 heavy (non-hydrogen) atoms. The Kier molecular flexibility index (Phi) is 2.89. The number of rotatable bonds is 2. The zero-order chi connectivity index (χ0) is 12.6. The molecular weight excluding hydrogens is 252 g/mol. The molecule has 0 fully saturated rings. The normalized spacial score (nSPS) is 10.6. The third-order valence-corrected chi connectivity index (χ3v) is 2.49. The number of aromatic nitrogens is 2. The molecule has 0 aliphatic rings. The van der Waals surface area contributed by atoms with Crippen molar-refractivity contribution in [1.82, 2.24) is 10.2 Å². The summed E-state index contributed by atoms with van der Waals surface area (Å²) in [6.45, 7) is 0. The molecule has 1 heterocycles. The van der Waals surface area contributed by atoms with E-state index in [0.29, 0.717) is 0 Å². The first-order valence-electron chi connectivity index (χ1n) is 4.57. The summed E-state index contributed by atoms with van der Waals surface area (Å²) in [6.07, 6.45) is 0. The zero-order valence-electron chi connectivity index (χ0n) is 8.72. The van der Waals surface area contributed by atoms with Gasteiger partial charge in [0.05, 0.1) is 17.8 Å². The van der Waals surface area contributed by atoms with Gasteiger partial charge in [0.1, 0.15) is 5.82 Å². The molecule has 0 saturated carbocycles. The number of nitrogens with two attached hydrogens (primary N) is 1. The third kappa shape index (κ3) is 1.91. The summed E-state index contributed by atoms with van der Waals surface area (Å²) >= 11 is 5.77. The fourth-order valence-electron chi connectivity index (χ4n) is 1.44. The molecule has 4 nitrogen and oxygen atoms in total. The number of nitrogens with zero attached hydrogens (tertiary/aromatic N) is 1. The standard InChI is InChI=1S/C10H8ClF2N3O/c1-17-10-5(11)2-4(8(12)9(10)13)6-3-7(14)16-15-6/h2-3H,1H3,(H3,14,15,16). The summed E-state index contributed by atoms with van der Waals surface area (Å²) in [5, 5.41) is 6.07. The molecule has 0 atom stereocenters. The fraction of sp³-hybridized carbons (Fsp3) is 0.100. The monoisotopic (exact) mass is 259 g/mol.